The molecule has 0 saturated carbocycles. The third kappa shape index (κ3) is 2.55. The van der Waals surface area contributed by atoms with E-state index in [0.717, 1.165) is 23.4 Å². The molecule has 0 spiro atoms. The van der Waals surface area contributed by atoms with Gasteiger partial charge in [-0.25, -0.2) is 4.79 Å². The number of nitrogens with zero attached hydrogens (tertiary/aromatic N) is 1. The van der Waals surface area contributed by atoms with Crippen LogP contribution in [-0.4, -0.2) is 11.7 Å². The lowest BCUT2D eigenvalue weighted by Gasteiger charge is -2.31. The second-order valence-electron chi connectivity index (χ2n) is 5.49. The summed E-state index contributed by atoms with van der Waals surface area (Å²) in [5.74, 6) is 0. The minimum Gasteiger partial charge on any atom is -0.443 e. The van der Waals surface area contributed by atoms with Gasteiger partial charge in [-0.2, -0.15) is 0 Å². The van der Waals surface area contributed by atoms with Crippen molar-refractivity contribution in [2.75, 3.05) is 4.90 Å². The zero-order chi connectivity index (χ0) is 13.3. The van der Waals surface area contributed by atoms with E-state index in [1.54, 1.807) is 4.90 Å². The van der Waals surface area contributed by atoms with Gasteiger partial charge in [0, 0.05) is 5.70 Å². The molecule has 0 aromatic heterocycles. The van der Waals surface area contributed by atoms with E-state index in [-0.39, 0.29) is 6.09 Å². The smallest absolute Gasteiger partial charge is 0.419 e. The van der Waals surface area contributed by atoms with E-state index in [4.69, 9.17) is 4.74 Å². The average molecular weight is 245 g/mol. The maximum atomic E-state index is 12.2. The molecule has 1 aromatic carbocycles. The molecule has 1 aromatic rings. The zero-order valence-corrected chi connectivity index (χ0v) is 11.4. The molecule has 1 aliphatic heterocycles. The number of fused-ring (bicyclic) bond motifs is 1. The number of carbonyl (C=O) groups excluding carboxylic acids is 1. The van der Waals surface area contributed by atoms with Crippen molar-refractivity contribution < 1.29 is 9.53 Å². The minimum absolute atomic E-state index is 0.316. The second-order valence-corrected chi connectivity index (χ2v) is 5.49. The lowest BCUT2D eigenvalue weighted by atomic mass is 10.0. The Bertz CT molecular complexity index is 497. The van der Waals surface area contributed by atoms with E-state index < -0.39 is 5.60 Å². The SMILES string of the molecule is CC1=CCc2ccccc2N1C(=O)OC(C)(C)C. The van der Waals surface area contributed by atoms with Crippen molar-refractivity contribution in [3.8, 4) is 0 Å². The predicted molar refractivity (Wildman–Crippen MR) is 72.6 cm³/mol. The third-order valence-electron chi connectivity index (χ3n) is 2.78. The van der Waals surface area contributed by atoms with Gasteiger partial charge in [-0.05, 0) is 45.7 Å². The van der Waals surface area contributed by atoms with Gasteiger partial charge in [0.05, 0.1) is 5.69 Å². The first-order chi connectivity index (χ1) is 8.38. The van der Waals surface area contributed by atoms with Crippen molar-refractivity contribution in [2.45, 2.75) is 39.7 Å². The van der Waals surface area contributed by atoms with Crippen LogP contribution < -0.4 is 4.90 Å². The Balaban J connectivity index is 2.33. The fraction of sp³-hybridized carbons (Fsp3) is 0.400. The number of hydrogen-bond acceptors (Lipinski definition) is 2. The van der Waals surface area contributed by atoms with Crippen LogP contribution in [0.4, 0.5) is 10.5 Å². The van der Waals surface area contributed by atoms with Gasteiger partial charge < -0.3 is 4.74 Å². The molecular weight excluding hydrogens is 226 g/mol. The summed E-state index contributed by atoms with van der Waals surface area (Å²) in [6.45, 7) is 7.55. The number of ether oxygens (including phenoxy) is 1. The number of allylic oxidation sites excluding steroid dienone is 2. The molecule has 0 fully saturated rings. The molecule has 0 N–H and O–H groups in total. The summed E-state index contributed by atoms with van der Waals surface area (Å²) < 4.78 is 5.45. The van der Waals surface area contributed by atoms with Gasteiger partial charge in [-0.15, -0.1) is 0 Å². The first-order valence-electron chi connectivity index (χ1n) is 6.16. The van der Waals surface area contributed by atoms with Gasteiger partial charge >= 0.3 is 6.09 Å². The Hall–Kier alpha value is -1.77. The summed E-state index contributed by atoms with van der Waals surface area (Å²) in [6, 6.07) is 7.92. The normalized spacial score (nSPS) is 14.9. The van der Waals surface area contributed by atoms with E-state index in [1.807, 2.05) is 58.0 Å². The lowest BCUT2D eigenvalue weighted by molar-refractivity contribution is 0.0591. The van der Waals surface area contributed by atoms with Gasteiger partial charge in [-0.1, -0.05) is 24.3 Å². The second kappa shape index (κ2) is 4.48. The first-order valence-corrected chi connectivity index (χ1v) is 6.16. The average Bonchev–Trinajstić information content (AvgIpc) is 2.26. The third-order valence-corrected chi connectivity index (χ3v) is 2.78. The van der Waals surface area contributed by atoms with E-state index >= 15 is 0 Å². The molecule has 0 aliphatic carbocycles. The van der Waals surface area contributed by atoms with Crippen LogP contribution in [0.5, 0.6) is 0 Å². The van der Waals surface area contributed by atoms with E-state index in [1.165, 1.54) is 0 Å². The Morgan fingerprint density at radius 2 is 1.94 bits per heavy atom. The highest BCUT2D eigenvalue weighted by Gasteiger charge is 2.27. The maximum Gasteiger partial charge on any atom is 0.419 e. The number of carbonyl (C=O) groups is 1. The summed E-state index contributed by atoms with van der Waals surface area (Å²) in [4.78, 5) is 13.9. The quantitative estimate of drug-likeness (QED) is 0.694. The summed E-state index contributed by atoms with van der Waals surface area (Å²) in [7, 11) is 0. The number of amides is 1. The Morgan fingerprint density at radius 3 is 2.61 bits per heavy atom. The molecular formula is C15H19NO2. The van der Waals surface area contributed by atoms with E-state index in [2.05, 4.69) is 0 Å². The first kappa shape index (κ1) is 12.7. The van der Waals surface area contributed by atoms with Crippen molar-refractivity contribution in [3.05, 3.63) is 41.6 Å². The number of rotatable bonds is 0. The van der Waals surface area contributed by atoms with Crippen LogP contribution in [0, 0.1) is 0 Å². The summed E-state index contributed by atoms with van der Waals surface area (Å²) in [5, 5.41) is 0. The van der Waals surface area contributed by atoms with Crippen molar-refractivity contribution in [1.82, 2.24) is 0 Å². The number of hydrogen-bond donors (Lipinski definition) is 0. The number of anilines is 1. The van der Waals surface area contributed by atoms with Crippen molar-refractivity contribution in [2.24, 2.45) is 0 Å². The fourth-order valence-electron chi connectivity index (χ4n) is 1.99. The van der Waals surface area contributed by atoms with E-state index in [0.29, 0.717) is 0 Å². The van der Waals surface area contributed by atoms with Crippen LogP contribution in [0.25, 0.3) is 0 Å². The van der Waals surface area contributed by atoms with Gasteiger partial charge in [-0.3, -0.25) is 4.90 Å². The van der Waals surface area contributed by atoms with Crippen LogP contribution in [0.2, 0.25) is 0 Å². The molecule has 0 bridgehead atoms. The number of benzene rings is 1. The van der Waals surface area contributed by atoms with Crippen LogP contribution in [-0.2, 0) is 11.2 Å². The summed E-state index contributed by atoms with van der Waals surface area (Å²) >= 11 is 0. The molecule has 96 valence electrons. The van der Waals surface area contributed by atoms with Crippen molar-refractivity contribution in [1.29, 1.82) is 0 Å². The Kier molecular flexibility index (Phi) is 3.16. The molecule has 3 heteroatoms. The van der Waals surface area contributed by atoms with Crippen LogP contribution in [0.15, 0.2) is 36.0 Å². The fourth-order valence-corrected chi connectivity index (χ4v) is 1.99. The molecule has 1 heterocycles. The molecule has 18 heavy (non-hydrogen) atoms. The maximum absolute atomic E-state index is 12.2. The highest BCUT2D eigenvalue weighted by Crippen LogP contribution is 2.30. The highest BCUT2D eigenvalue weighted by molar-refractivity contribution is 5.93. The monoisotopic (exact) mass is 245 g/mol. The topological polar surface area (TPSA) is 29.5 Å². The van der Waals surface area contributed by atoms with E-state index in [9.17, 15) is 4.79 Å². The molecule has 0 saturated heterocycles. The van der Waals surface area contributed by atoms with Gasteiger partial charge in [0.1, 0.15) is 5.60 Å². The predicted octanol–water partition coefficient (Wildman–Crippen LogP) is 3.89. The van der Waals surface area contributed by atoms with Gasteiger partial charge in [0.15, 0.2) is 0 Å². The standard InChI is InChI=1S/C15H19NO2/c1-11-9-10-12-7-5-6-8-13(12)16(11)14(17)18-15(2,3)4/h5-9H,10H2,1-4H3. The van der Waals surface area contributed by atoms with Crippen molar-refractivity contribution in [3.63, 3.8) is 0 Å². The molecule has 0 unspecified atom stereocenters. The molecule has 3 nitrogen and oxygen atoms in total. The minimum atomic E-state index is -0.482. The molecule has 0 radical (unpaired) electrons. The van der Waals surface area contributed by atoms with Gasteiger partial charge in [0.2, 0.25) is 0 Å². The Labute approximate surface area is 108 Å². The molecule has 1 aliphatic rings. The lowest BCUT2D eigenvalue weighted by Crippen LogP contribution is -2.37. The van der Waals surface area contributed by atoms with Crippen molar-refractivity contribution >= 4 is 11.8 Å². The molecule has 0 atom stereocenters. The van der Waals surface area contributed by atoms with Crippen LogP contribution >= 0.6 is 0 Å². The van der Waals surface area contributed by atoms with Crippen LogP contribution in [0.1, 0.15) is 33.3 Å². The largest absolute Gasteiger partial charge is 0.443 e. The Morgan fingerprint density at radius 1 is 1.28 bits per heavy atom. The summed E-state index contributed by atoms with van der Waals surface area (Å²) in [6.07, 6.45) is 2.59. The van der Waals surface area contributed by atoms with Crippen LogP contribution in [0.3, 0.4) is 0 Å². The molecule has 2 rings (SSSR count). The number of para-hydroxylation sites is 1. The highest BCUT2D eigenvalue weighted by atomic mass is 16.6. The summed E-state index contributed by atoms with van der Waals surface area (Å²) in [5.41, 5.74) is 2.51. The van der Waals surface area contributed by atoms with Gasteiger partial charge in [0.25, 0.3) is 0 Å². The zero-order valence-electron chi connectivity index (χ0n) is 11.4. The molecule has 1 amide bonds.